The number of hydrogen-bond acceptors (Lipinski definition) is 3. The zero-order valence-corrected chi connectivity index (χ0v) is 18.0. The largest absolute Gasteiger partial charge is 0.494 e. The zero-order valence-electron chi connectivity index (χ0n) is 14.9. The highest BCUT2D eigenvalue weighted by Crippen LogP contribution is 2.28. The number of ether oxygens (including phenoxy) is 1. The van der Waals surface area contributed by atoms with Crippen molar-refractivity contribution in [1.82, 2.24) is 10.6 Å². The first kappa shape index (κ1) is 21.4. The fourth-order valence-corrected chi connectivity index (χ4v) is 3.69. The summed E-state index contributed by atoms with van der Waals surface area (Å²) in [5.41, 5.74) is 1.12. The van der Waals surface area contributed by atoms with Gasteiger partial charge in [0.05, 0.1) is 13.2 Å². The molecule has 1 aliphatic rings. The summed E-state index contributed by atoms with van der Waals surface area (Å²) in [6, 6.07) is 8.66. The molecule has 0 saturated heterocycles. The van der Waals surface area contributed by atoms with Gasteiger partial charge in [-0.1, -0.05) is 18.2 Å². The van der Waals surface area contributed by atoms with E-state index in [1.54, 1.807) is 0 Å². The van der Waals surface area contributed by atoms with Crippen molar-refractivity contribution in [3.05, 3.63) is 29.8 Å². The van der Waals surface area contributed by atoms with Gasteiger partial charge in [-0.2, -0.15) is 11.8 Å². The van der Waals surface area contributed by atoms with Gasteiger partial charge in [-0.25, -0.2) is 4.99 Å². The number of benzene rings is 1. The SMILES string of the molecule is CCNC(=NCc1ccccc1OCC)NC1CCC(SC)C1.I. The number of guanidine groups is 1. The van der Waals surface area contributed by atoms with E-state index in [4.69, 9.17) is 9.73 Å². The van der Waals surface area contributed by atoms with E-state index in [2.05, 4.69) is 29.9 Å². The van der Waals surface area contributed by atoms with E-state index in [1.807, 2.05) is 36.9 Å². The molecule has 2 N–H and O–H groups in total. The normalized spacial score (nSPS) is 20.4. The second-order valence-electron chi connectivity index (χ2n) is 5.75. The van der Waals surface area contributed by atoms with Gasteiger partial charge in [-0.3, -0.25) is 0 Å². The highest BCUT2D eigenvalue weighted by Gasteiger charge is 2.24. The fraction of sp³-hybridized carbons (Fsp3) is 0.611. The van der Waals surface area contributed by atoms with E-state index in [0.29, 0.717) is 19.2 Å². The van der Waals surface area contributed by atoms with Gasteiger partial charge in [0.15, 0.2) is 5.96 Å². The van der Waals surface area contributed by atoms with Crippen LogP contribution in [0.4, 0.5) is 0 Å². The zero-order chi connectivity index (χ0) is 16.5. The molecule has 1 aromatic carbocycles. The summed E-state index contributed by atoms with van der Waals surface area (Å²) in [7, 11) is 0. The van der Waals surface area contributed by atoms with Gasteiger partial charge >= 0.3 is 0 Å². The molecule has 0 spiro atoms. The van der Waals surface area contributed by atoms with Gasteiger partial charge in [0.25, 0.3) is 0 Å². The van der Waals surface area contributed by atoms with Crippen molar-refractivity contribution in [2.45, 2.75) is 50.9 Å². The highest BCUT2D eigenvalue weighted by molar-refractivity contribution is 14.0. The molecule has 1 fully saturated rings. The number of rotatable bonds is 7. The Balaban J connectivity index is 0.00000288. The van der Waals surface area contributed by atoms with E-state index in [1.165, 1.54) is 19.3 Å². The monoisotopic (exact) mass is 463 g/mol. The Bertz CT molecular complexity index is 513. The van der Waals surface area contributed by atoms with E-state index in [0.717, 1.165) is 29.1 Å². The molecular formula is C18H30IN3OS. The summed E-state index contributed by atoms with van der Waals surface area (Å²) in [6.45, 7) is 6.29. The molecule has 0 aliphatic heterocycles. The van der Waals surface area contributed by atoms with Crippen LogP contribution in [-0.2, 0) is 6.54 Å². The first-order valence-corrected chi connectivity index (χ1v) is 9.83. The summed E-state index contributed by atoms with van der Waals surface area (Å²) in [4.78, 5) is 4.75. The quantitative estimate of drug-likeness (QED) is 0.364. The molecule has 0 amide bonds. The average Bonchev–Trinajstić information content (AvgIpc) is 3.02. The number of nitrogens with one attached hydrogen (secondary N) is 2. The third-order valence-electron chi connectivity index (χ3n) is 4.08. The van der Waals surface area contributed by atoms with Crippen LogP contribution < -0.4 is 15.4 Å². The highest BCUT2D eigenvalue weighted by atomic mass is 127. The number of halogens is 1. The molecule has 24 heavy (non-hydrogen) atoms. The van der Waals surface area contributed by atoms with E-state index < -0.39 is 0 Å². The van der Waals surface area contributed by atoms with Gasteiger partial charge in [0.2, 0.25) is 0 Å². The summed E-state index contributed by atoms with van der Waals surface area (Å²) in [5, 5.41) is 7.73. The molecule has 1 aliphatic carbocycles. The van der Waals surface area contributed by atoms with Crippen LogP contribution in [0.5, 0.6) is 5.75 Å². The predicted octanol–water partition coefficient (Wildman–Crippen LogP) is 4.04. The van der Waals surface area contributed by atoms with Crippen LogP contribution in [0.15, 0.2) is 29.3 Å². The van der Waals surface area contributed by atoms with Crippen molar-refractivity contribution >= 4 is 41.7 Å². The number of nitrogens with zero attached hydrogens (tertiary/aromatic N) is 1. The Morgan fingerprint density at radius 3 is 2.75 bits per heavy atom. The van der Waals surface area contributed by atoms with Crippen molar-refractivity contribution in [2.24, 2.45) is 4.99 Å². The first-order valence-electron chi connectivity index (χ1n) is 8.55. The lowest BCUT2D eigenvalue weighted by atomic mass is 10.2. The molecule has 4 nitrogen and oxygen atoms in total. The second-order valence-corrected chi connectivity index (χ2v) is 6.89. The van der Waals surface area contributed by atoms with Gasteiger partial charge in [-0.15, -0.1) is 24.0 Å². The molecular weight excluding hydrogens is 433 g/mol. The van der Waals surface area contributed by atoms with Crippen LogP contribution in [0, 0.1) is 0 Å². The molecule has 1 saturated carbocycles. The maximum Gasteiger partial charge on any atom is 0.191 e. The van der Waals surface area contributed by atoms with E-state index >= 15 is 0 Å². The summed E-state index contributed by atoms with van der Waals surface area (Å²) in [6.07, 6.45) is 5.95. The third kappa shape index (κ3) is 6.70. The summed E-state index contributed by atoms with van der Waals surface area (Å²) < 4.78 is 5.68. The molecule has 136 valence electrons. The molecule has 1 aromatic rings. The lowest BCUT2D eigenvalue weighted by Gasteiger charge is -2.17. The Morgan fingerprint density at radius 1 is 1.29 bits per heavy atom. The van der Waals surface area contributed by atoms with E-state index in [-0.39, 0.29) is 24.0 Å². The fourth-order valence-electron chi connectivity index (χ4n) is 2.89. The number of hydrogen-bond donors (Lipinski definition) is 2. The Kier molecular flexibility index (Phi) is 10.6. The molecule has 6 heteroatoms. The maximum atomic E-state index is 5.68. The summed E-state index contributed by atoms with van der Waals surface area (Å²) in [5.74, 6) is 1.84. The van der Waals surface area contributed by atoms with Crippen molar-refractivity contribution in [3.63, 3.8) is 0 Å². The van der Waals surface area contributed by atoms with Gasteiger partial charge in [0.1, 0.15) is 5.75 Å². The van der Waals surface area contributed by atoms with Crippen molar-refractivity contribution in [2.75, 3.05) is 19.4 Å². The smallest absolute Gasteiger partial charge is 0.191 e. The Labute approximate surface area is 167 Å². The van der Waals surface area contributed by atoms with Crippen molar-refractivity contribution < 1.29 is 4.74 Å². The van der Waals surface area contributed by atoms with Gasteiger partial charge in [-0.05, 0) is 45.4 Å². The molecule has 0 aromatic heterocycles. The van der Waals surface area contributed by atoms with Crippen molar-refractivity contribution in [1.29, 1.82) is 0 Å². The van der Waals surface area contributed by atoms with Crippen LogP contribution in [0.2, 0.25) is 0 Å². The third-order valence-corrected chi connectivity index (χ3v) is 5.18. The summed E-state index contributed by atoms with van der Waals surface area (Å²) >= 11 is 1.98. The molecule has 0 bridgehead atoms. The van der Waals surface area contributed by atoms with Crippen LogP contribution in [0.1, 0.15) is 38.7 Å². The second kappa shape index (κ2) is 11.8. The van der Waals surface area contributed by atoms with Crippen molar-refractivity contribution in [3.8, 4) is 5.75 Å². The van der Waals surface area contributed by atoms with Crippen LogP contribution in [-0.4, -0.2) is 36.7 Å². The van der Waals surface area contributed by atoms with Crippen LogP contribution >= 0.6 is 35.7 Å². The number of aliphatic imine (C=N–C) groups is 1. The number of thioether (sulfide) groups is 1. The Morgan fingerprint density at radius 2 is 2.08 bits per heavy atom. The molecule has 2 rings (SSSR count). The van der Waals surface area contributed by atoms with Crippen LogP contribution in [0.3, 0.4) is 0 Å². The minimum atomic E-state index is 0. The van der Waals surface area contributed by atoms with Crippen LogP contribution in [0.25, 0.3) is 0 Å². The van der Waals surface area contributed by atoms with Gasteiger partial charge < -0.3 is 15.4 Å². The molecule has 0 radical (unpaired) electrons. The standard InChI is InChI=1S/C18H29N3OS.HI/c1-4-19-18(21-15-10-11-16(12-15)23-3)20-13-14-8-6-7-9-17(14)22-5-2;/h6-9,15-16H,4-5,10-13H2,1-3H3,(H2,19,20,21);1H. The minimum Gasteiger partial charge on any atom is -0.494 e. The van der Waals surface area contributed by atoms with E-state index in [9.17, 15) is 0 Å². The first-order chi connectivity index (χ1) is 11.3. The Hall–Kier alpha value is -0.630. The number of para-hydroxylation sites is 1. The average molecular weight is 463 g/mol. The van der Waals surface area contributed by atoms with Gasteiger partial charge in [0, 0.05) is 23.4 Å². The maximum absolute atomic E-state index is 5.68. The molecule has 0 heterocycles. The topological polar surface area (TPSA) is 45.7 Å². The predicted molar refractivity (Wildman–Crippen MR) is 116 cm³/mol. The lowest BCUT2D eigenvalue weighted by molar-refractivity contribution is 0.336. The minimum absolute atomic E-state index is 0. The molecule has 2 unspecified atom stereocenters. The molecule has 2 atom stereocenters. The lowest BCUT2D eigenvalue weighted by Crippen LogP contribution is -2.42.